The monoisotopic (exact) mass is 311 g/mol. The van der Waals surface area contributed by atoms with Crippen LogP contribution in [0.15, 0.2) is 0 Å². The number of Topliss-reactive ketones (excluding diaryl/α,β-unsaturated/α-hetero) is 1. The van der Waals surface area contributed by atoms with Crippen LogP contribution in [0.25, 0.3) is 0 Å². The van der Waals surface area contributed by atoms with E-state index < -0.39 is 0 Å². The maximum absolute atomic E-state index is 10.0. The van der Waals surface area contributed by atoms with Gasteiger partial charge in [-0.25, -0.2) is 0 Å². The van der Waals surface area contributed by atoms with E-state index in [2.05, 4.69) is 0 Å². The topological polar surface area (TPSA) is 17.1 Å². The second kappa shape index (κ2) is 22.4. The largest absolute Gasteiger partial charge is 1.00 e. The van der Waals surface area contributed by atoms with E-state index in [-0.39, 0.29) is 66.9 Å². The van der Waals surface area contributed by atoms with Gasteiger partial charge < -0.3 is 42.0 Å². The van der Waals surface area contributed by atoms with Gasteiger partial charge >= 0.3 is 0 Å². The number of hydrogen-bond acceptors (Lipinski definition) is 1. The Morgan fingerprint density at radius 1 is 1.20 bits per heavy atom. The molecule has 0 aromatic heterocycles. The molecule has 0 saturated carbocycles. The average molecular weight is 311 g/mol. The van der Waals surface area contributed by atoms with Crippen LogP contribution in [0, 0.1) is 0 Å². The van der Waals surface area contributed by atoms with Gasteiger partial charge in [0.15, 0.2) is 0 Å². The smallest absolute Gasteiger partial charge is 0.129 e. The SMILES string of the molecule is CCCC(C)=O.[Cl-].[Cl-].[Cl-].[Sn]. The maximum Gasteiger partial charge on any atom is 0.129 e. The van der Waals surface area contributed by atoms with Gasteiger partial charge in [-0.3, -0.25) is 0 Å². The van der Waals surface area contributed by atoms with E-state index in [4.69, 9.17) is 0 Å². The molecule has 0 N–H and O–H groups in total. The van der Waals surface area contributed by atoms with Gasteiger partial charge in [0.2, 0.25) is 0 Å². The zero-order valence-electron chi connectivity index (χ0n) is 5.96. The van der Waals surface area contributed by atoms with Gasteiger partial charge in [-0.15, -0.1) is 0 Å². The summed E-state index contributed by atoms with van der Waals surface area (Å²) in [4.78, 5) is 10.0. The molecule has 0 fully saturated rings. The summed E-state index contributed by atoms with van der Waals surface area (Å²) in [5, 5.41) is 0. The summed E-state index contributed by atoms with van der Waals surface area (Å²) in [5.74, 6) is 0.289. The Hall–Kier alpha value is 1.34. The Balaban J connectivity index is -0.0000000208. The maximum atomic E-state index is 10.0. The summed E-state index contributed by atoms with van der Waals surface area (Å²) in [7, 11) is 0. The number of carbonyl (C=O) groups excluding carboxylic acids is 1. The van der Waals surface area contributed by atoms with Crippen LogP contribution in [-0.2, 0) is 4.79 Å². The fraction of sp³-hybridized carbons (Fsp3) is 0.800. The van der Waals surface area contributed by atoms with Gasteiger partial charge in [0.25, 0.3) is 0 Å². The molecule has 0 aromatic rings. The van der Waals surface area contributed by atoms with Gasteiger partial charge in [0.1, 0.15) is 5.78 Å². The minimum absolute atomic E-state index is 0. The van der Waals surface area contributed by atoms with Crippen LogP contribution in [0.4, 0.5) is 0 Å². The first-order chi connectivity index (χ1) is 2.77. The van der Waals surface area contributed by atoms with Crippen LogP contribution in [0.5, 0.6) is 0 Å². The fourth-order valence-electron chi connectivity index (χ4n) is 0.352. The van der Waals surface area contributed by atoms with Crippen molar-refractivity contribution >= 4 is 29.7 Å². The fourth-order valence-corrected chi connectivity index (χ4v) is 0.352. The molecule has 0 aromatic carbocycles. The van der Waals surface area contributed by atoms with Gasteiger partial charge in [0.05, 0.1) is 0 Å². The van der Waals surface area contributed by atoms with Crippen molar-refractivity contribution in [3.8, 4) is 0 Å². The van der Waals surface area contributed by atoms with Crippen molar-refractivity contribution in [2.24, 2.45) is 0 Å². The van der Waals surface area contributed by atoms with Crippen molar-refractivity contribution in [2.45, 2.75) is 26.7 Å². The van der Waals surface area contributed by atoms with E-state index in [1.54, 1.807) is 6.92 Å². The second-order valence-corrected chi connectivity index (χ2v) is 1.45. The van der Waals surface area contributed by atoms with Gasteiger partial charge in [-0.05, 0) is 13.3 Å². The van der Waals surface area contributed by atoms with Gasteiger partial charge in [-0.1, -0.05) is 6.92 Å². The number of ketones is 1. The number of halogens is 3. The molecule has 0 amide bonds. The van der Waals surface area contributed by atoms with Crippen molar-refractivity contribution in [3.05, 3.63) is 0 Å². The second-order valence-electron chi connectivity index (χ2n) is 1.45. The zero-order valence-corrected chi connectivity index (χ0v) is 11.1. The average Bonchev–Trinajstić information content (AvgIpc) is 1.35. The zero-order chi connectivity index (χ0) is 4.99. The van der Waals surface area contributed by atoms with Crippen molar-refractivity contribution in [1.29, 1.82) is 0 Å². The molecule has 0 saturated heterocycles. The molecule has 0 aliphatic rings. The van der Waals surface area contributed by atoms with Crippen molar-refractivity contribution < 1.29 is 42.0 Å². The van der Waals surface area contributed by atoms with Crippen molar-refractivity contribution in [3.63, 3.8) is 0 Å². The minimum atomic E-state index is 0. The molecule has 0 unspecified atom stereocenters. The van der Waals surface area contributed by atoms with E-state index in [0.29, 0.717) is 0 Å². The molecular weight excluding hydrogens is 301 g/mol. The predicted molar refractivity (Wildman–Crippen MR) is 31.3 cm³/mol. The Bertz CT molecular complexity index is 60.9. The molecule has 0 aliphatic carbocycles. The molecular formula is C5H10Cl3OSn-3. The summed E-state index contributed by atoms with van der Waals surface area (Å²) in [6.45, 7) is 3.62. The Kier molecular flexibility index (Phi) is 67.7. The minimum Gasteiger partial charge on any atom is -1.00 e. The first-order valence-corrected chi connectivity index (χ1v) is 2.26. The van der Waals surface area contributed by atoms with E-state index >= 15 is 0 Å². The first-order valence-electron chi connectivity index (χ1n) is 2.26. The van der Waals surface area contributed by atoms with Crippen molar-refractivity contribution in [2.75, 3.05) is 0 Å². The molecule has 0 aliphatic heterocycles. The summed E-state index contributed by atoms with van der Waals surface area (Å²) < 4.78 is 0. The third-order valence-corrected chi connectivity index (χ3v) is 0.602. The summed E-state index contributed by atoms with van der Waals surface area (Å²) in [5.41, 5.74) is 0. The van der Waals surface area contributed by atoms with E-state index in [1.807, 2.05) is 6.92 Å². The van der Waals surface area contributed by atoms with Gasteiger partial charge in [0, 0.05) is 30.3 Å². The molecule has 0 rings (SSSR count). The van der Waals surface area contributed by atoms with Crippen LogP contribution in [-0.4, -0.2) is 29.7 Å². The Morgan fingerprint density at radius 2 is 1.50 bits per heavy atom. The molecule has 0 atom stereocenters. The standard InChI is InChI=1S/C5H10O.3ClH.Sn/c1-3-4-5(2)6;;;;/h3-4H2,1-2H3;3*1H;/p-3. The van der Waals surface area contributed by atoms with Crippen LogP contribution in [0.1, 0.15) is 26.7 Å². The molecule has 4 radical (unpaired) electrons. The Labute approximate surface area is 97.9 Å². The van der Waals surface area contributed by atoms with Crippen LogP contribution in [0.2, 0.25) is 0 Å². The van der Waals surface area contributed by atoms with E-state index in [1.165, 1.54) is 0 Å². The molecule has 0 bridgehead atoms. The predicted octanol–water partition coefficient (Wildman–Crippen LogP) is -7.99. The van der Waals surface area contributed by atoms with Crippen molar-refractivity contribution in [1.82, 2.24) is 0 Å². The molecule has 0 spiro atoms. The Morgan fingerprint density at radius 3 is 1.50 bits per heavy atom. The van der Waals surface area contributed by atoms with Crippen LogP contribution < -0.4 is 37.2 Å². The molecule has 1 nitrogen and oxygen atoms in total. The molecule has 64 valence electrons. The normalized spacial score (nSPS) is 5.00. The molecule has 0 heterocycles. The van der Waals surface area contributed by atoms with Crippen LogP contribution in [0.3, 0.4) is 0 Å². The number of hydrogen-bond donors (Lipinski definition) is 0. The first kappa shape index (κ1) is 30.2. The van der Waals surface area contributed by atoms with E-state index in [0.717, 1.165) is 12.8 Å². The third kappa shape index (κ3) is 34.5. The molecule has 10 heavy (non-hydrogen) atoms. The van der Waals surface area contributed by atoms with Crippen LogP contribution >= 0.6 is 0 Å². The van der Waals surface area contributed by atoms with E-state index in [9.17, 15) is 4.79 Å². The number of carbonyl (C=O) groups is 1. The third-order valence-electron chi connectivity index (χ3n) is 0.602. The van der Waals surface area contributed by atoms with Gasteiger partial charge in [-0.2, -0.15) is 0 Å². The molecule has 5 heteroatoms. The summed E-state index contributed by atoms with van der Waals surface area (Å²) in [6, 6.07) is 0. The summed E-state index contributed by atoms with van der Waals surface area (Å²) >= 11 is 0. The summed E-state index contributed by atoms with van der Waals surface area (Å²) in [6.07, 6.45) is 1.72. The quantitative estimate of drug-likeness (QED) is 0.463. The number of rotatable bonds is 2.